The van der Waals surface area contributed by atoms with Gasteiger partial charge < -0.3 is 15.6 Å². The van der Waals surface area contributed by atoms with Crippen molar-refractivity contribution in [3.05, 3.63) is 76.3 Å². The summed E-state index contributed by atoms with van der Waals surface area (Å²) in [6, 6.07) is 17.6. The second kappa shape index (κ2) is 9.87. The zero-order valence-corrected chi connectivity index (χ0v) is 17.6. The Morgan fingerprint density at radius 3 is 2.60 bits per heavy atom. The largest absolute Gasteiger partial charge is 0.342 e. The smallest absolute Gasteiger partial charge is 0.258 e. The van der Waals surface area contributed by atoms with E-state index >= 15 is 0 Å². The number of nitrogens with one attached hydrogen (secondary N) is 1. The van der Waals surface area contributed by atoms with Gasteiger partial charge in [0.1, 0.15) is 5.82 Å². The van der Waals surface area contributed by atoms with Gasteiger partial charge in [-0.05, 0) is 36.6 Å². The number of likely N-dealkylation sites (tertiary alicyclic amines) is 1. The van der Waals surface area contributed by atoms with Crippen molar-refractivity contribution in [3.8, 4) is 0 Å². The quantitative estimate of drug-likeness (QED) is 0.633. The number of nitrogens with two attached hydrogens (primary N) is 1. The fourth-order valence-corrected chi connectivity index (χ4v) is 4.21. The SMILES string of the molecule is Cl.NC[C@@H]1CN(C(=O)CCCc2nc3ccccc3c(=O)[nH]2)C[C@H]1c1ccccc1. The van der Waals surface area contributed by atoms with Gasteiger partial charge in [0.25, 0.3) is 5.56 Å². The number of halogens is 1. The van der Waals surface area contributed by atoms with Gasteiger partial charge in [0.2, 0.25) is 5.91 Å². The van der Waals surface area contributed by atoms with Crippen LogP contribution in [0.2, 0.25) is 0 Å². The molecule has 2 heterocycles. The average Bonchev–Trinajstić information content (AvgIpc) is 3.19. The number of hydrogen-bond donors (Lipinski definition) is 2. The molecular formula is C23H27ClN4O2. The van der Waals surface area contributed by atoms with Gasteiger partial charge in [-0.3, -0.25) is 9.59 Å². The second-order valence-electron chi connectivity index (χ2n) is 7.70. The predicted octanol–water partition coefficient (Wildman–Crippen LogP) is 2.87. The lowest BCUT2D eigenvalue weighted by Crippen LogP contribution is -2.29. The van der Waals surface area contributed by atoms with Crippen molar-refractivity contribution in [2.45, 2.75) is 25.2 Å². The number of nitrogens with zero attached hydrogens (tertiary/aromatic N) is 2. The van der Waals surface area contributed by atoms with Crippen LogP contribution in [0.1, 0.15) is 30.1 Å². The molecule has 3 aromatic rings. The van der Waals surface area contributed by atoms with Crippen molar-refractivity contribution in [2.75, 3.05) is 19.6 Å². The Balaban J connectivity index is 0.00000256. The molecule has 6 nitrogen and oxygen atoms in total. The molecule has 1 fully saturated rings. The summed E-state index contributed by atoms with van der Waals surface area (Å²) < 4.78 is 0. The fraction of sp³-hybridized carbons (Fsp3) is 0.348. The number of rotatable bonds is 6. The second-order valence-corrected chi connectivity index (χ2v) is 7.70. The maximum atomic E-state index is 12.7. The highest BCUT2D eigenvalue weighted by Crippen LogP contribution is 2.32. The monoisotopic (exact) mass is 426 g/mol. The van der Waals surface area contributed by atoms with E-state index in [2.05, 4.69) is 22.1 Å². The van der Waals surface area contributed by atoms with E-state index in [4.69, 9.17) is 5.73 Å². The first kappa shape index (κ1) is 22.0. The predicted molar refractivity (Wildman–Crippen MR) is 121 cm³/mol. The Morgan fingerprint density at radius 2 is 1.83 bits per heavy atom. The molecule has 3 N–H and O–H groups in total. The number of para-hydroxylation sites is 1. The maximum Gasteiger partial charge on any atom is 0.258 e. The highest BCUT2D eigenvalue weighted by Gasteiger charge is 2.34. The van der Waals surface area contributed by atoms with E-state index in [0.717, 1.165) is 6.54 Å². The summed E-state index contributed by atoms with van der Waals surface area (Å²) in [5.41, 5.74) is 7.78. The molecule has 1 saturated heterocycles. The van der Waals surface area contributed by atoms with Gasteiger partial charge in [-0.1, -0.05) is 42.5 Å². The van der Waals surface area contributed by atoms with E-state index in [0.29, 0.717) is 60.9 Å². The highest BCUT2D eigenvalue weighted by molar-refractivity contribution is 5.85. The normalized spacial score (nSPS) is 18.4. The molecule has 1 aliphatic heterocycles. The Kier molecular flexibility index (Phi) is 7.24. The average molecular weight is 427 g/mol. The minimum Gasteiger partial charge on any atom is -0.342 e. The molecule has 2 aromatic carbocycles. The molecule has 7 heteroatoms. The van der Waals surface area contributed by atoms with Crippen LogP contribution in [0.5, 0.6) is 0 Å². The van der Waals surface area contributed by atoms with Gasteiger partial charge in [0.15, 0.2) is 0 Å². The zero-order chi connectivity index (χ0) is 20.2. The first-order chi connectivity index (χ1) is 14.2. The summed E-state index contributed by atoms with van der Waals surface area (Å²) >= 11 is 0. The van der Waals surface area contributed by atoms with Gasteiger partial charge in [0, 0.05) is 31.8 Å². The van der Waals surface area contributed by atoms with Crippen molar-refractivity contribution in [2.24, 2.45) is 11.7 Å². The van der Waals surface area contributed by atoms with Crippen LogP contribution in [0, 0.1) is 5.92 Å². The van der Waals surface area contributed by atoms with E-state index in [1.54, 1.807) is 6.07 Å². The first-order valence-corrected chi connectivity index (χ1v) is 10.2. The fourth-order valence-electron chi connectivity index (χ4n) is 4.21. The molecule has 1 aliphatic rings. The number of benzene rings is 2. The molecule has 0 aliphatic carbocycles. The van der Waals surface area contributed by atoms with E-state index in [1.165, 1.54) is 5.56 Å². The lowest BCUT2D eigenvalue weighted by atomic mass is 9.89. The van der Waals surface area contributed by atoms with Crippen LogP contribution in [-0.2, 0) is 11.2 Å². The van der Waals surface area contributed by atoms with Crippen LogP contribution >= 0.6 is 12.4 Å². The molecule has 0 radical (unpaired) electrons. The zero-order valence-electron chi connectivity index (χ0n) is 16.8. The number of carbonyl (C=O) groups is 1. The molecule has 0 unspecified atom stereocenters. The molecule has 4 rings (SSSR count). The Labute approximate surface area is 181 Å². The third-order valence-corrected chi connectivity index (χ3v) is 5.79. The van der Waals surface area contributed by atoms with Gasteiger partial charge >= 0.3 is 0 Å². The van der Waals surface area contributed by atoms with Crippen molar-refractivity contribution in [1.82, 2.24) is 14.9 Å². The molecule has 0 saturated carbocycles. The van der Waals surface area contributed by atoms with Crippen LogP contribution in [-0.4, -0.2) is 40.4 Å². The third-order valence-electron chi connectivity index (χ3n) is 5.79. The molecule has 1 aromatic heterocycles. The van der Waals surface area contributed by atoms with Crippen LogP contribution in [0.25, 0.3) is 10.9 Å². The van der Waals surface area contributed by atoms with Crippen LogP contribution in [0.3, 0.4) is 0 Å². The highest BCUT2D eigenvalue weighted by atomic mass is 35.5. The number of amides is 1. The summed E-state index contributed by atoms with van der Waals surface area (Å²) in [4.78, 5) is 34.2. The molecule has 0 spiro atoms. The maximum absolute atomic E-state index is 12.7. The summed E-state index contributed by atoms with van der Waals surface area (Å²) in [5, 5.41) is 0.587. The van der Waals surface area contributed by atoms with E-state index in [1.807, 2.05) is 41.3 Å². The summed E-state index contributed by atoms with van der Waals surface area (Å²) in [6.45, 7) is 2.00. The van der Waals surface area contributed by atoms with E-state index in [-0.39, 0.29) is 23.9 Å². The lowest BCUT2D eigenvalue weighted by Gasteiger charge is -2.17. The minimum absolute atomic E-state index is 0. The Hall–Kier alpha value is -2.70. The molecular weight excluding hydrogens is 400 g/mol. The molecule has 158 valence electrons. The number of H-pyrrole nitrogens is 1. The Bertz CT molecular complexity index is 1050. The summed E-state index contributed by atoms with van der Waals surface area (Å²) in [6.07, 6.45) is 1.66. The van der Waals surface area contributed by atoms with Crippen molar-refractivity contribution < 1.29 is 4.79 Å². The van der Waals surface area contributed by atoms with E-state index in [9.17, 15) is 9.59 Å². The van der Waals surface area contributed by atoms with Crippen LogP contribution in [0.15, 0.2) is 59.4 Å². The molecule has 1 amide bonds. The topological polar surface area (TPSA) is 92.1 Å². The van der Waals surface area contributed by atoms with Gasteiger partial charge in [-0.25, -0.2) is 4.98 Å². The number of hydrogen-bond acceptors (Lipinski definition) is 4. The van der Waals surface area contributed by atoms with Crippen LogP contribution in [0.4, 0.5) is 0 Å². The number of aromatic nitrogens is 2. The number of fused-ring (bicyclic) bond motifs is 1. The number of aryl methyl sites for hydroxylation is 1. The Morgan fingerprint density at radius 1 is 1.10 bits per heavy atom. The first-order valence-electron chi connectivity index (χ1n) is 10.2. The molecule has 0 bridgehead atoms. The lowest BCUT2D eigenvalue weighted by molar-refractivity contribution is -0.130. The van der Waals surface area contributed by atoms with Gasteiger partial charge in [-0.2, -0.15) is 0 Å². The summed E-state index contributed by atoms with van der Waals surface area (Å²) in [5.74, 6) is 1.36. The summed E-state index contributed by atoms with van der Waals surface area (Å²) in [7, 11) is 0. The van der Waals surface area contributed by atoms with Crippen molar-refractivity contribution in [3.63, 3.8) is 0 Å². The molecule has 2 atom stereocenters. The van der Waals surface area contributed by atoms with Gasteiger partial charge in [0.05, 0.1) is 10.9 Å². The standard InChI is InChI=1S/C23H26N4O2.ClH/c24-13-17-14-27(15-19(17)16-7-2-1-3-8-16)22(28)12-6-11-21-25-20-10-5-4-9-18(20)23(29)26-21;/h1-5,7-10,17,19H,6,11-15,24H2,(H,25,26,29);1H/t17-,19+;/m1./s1. The van der Waals surface area contributed by atoms with Crippen molar-refractivity contribution >= 4 is 29.2 Å². The van der Waals surface area contributed by atoms with Gasteiger partial charge in [-0.15, -0.1) is 12.4 Å². The van der Waals surface area contributed by atoms with Crippen LogP contribution < -0.4 is 11.3 Å². The molecule has 30 heavy (non-hydrogen) atoms. The van der Waals surface area contributed by atoms with E-state index < -0.39 is 0 Å². The number of carbonyl (C=O) groups excluding carboxylic acids is 1. The van der Waals surface area contributed by atoms with Crippen molar-refractivity contribution in [1.29, 1.82) is 0 Å². The number of aromatic amines is 1. The minimum atomic E-state index is -0.132. The third kappa shape index (κ3) is 4.71.